The summed E-state index contributed by atoms with van der Waals surface area (Å²) < 4.78 is 17.5. The van der Waals surface area contributed by atoms with Crippen LogP contribution < -0.4 is 19.5 Å². The number of methoxy groups -OCH3 is 1. The van der Waals surface area contributed by atoms with Crippen molar-refractivity contribution in [2.75, 3.05) is 25.6 Å². The molecule has 5 heteroatoms. The lowest BCUT2D eigenvalue weighted by Crippen LogP contribution is -2.10. The van der Waals surface area contributed by atoms with Crippen molar-refractivity contribution in [3.8, 4) is 17.2 Å². The van der Waals surface area contributed by atoms with E-state index >= 15 is 0 Å². The second-order valence-corrected chi connectivity index (χ2v) is 7.92. The first-order chi connectivity index (χ1) is 14.6. The van der Waals surface area contributed by atoms with E-state index in [9.17, 15) is 4.79 Å². The molecule has 0 unspecified atom stereocenters. The molecule has 1 aromatic rings. The van der Waals surface area contributed by atoms with E-state index < -0.39 is 0 Å². The van der Waals surface area contributed by atoms with Gasteiger partial charge in [-0.25, -0.2) is 0 Å². The van der Waals surface area contributed by atoms with Gasteiger partial charge in [-0.15, -0.1) is 0 Å². The molecule has 0 bridgehead atoms. The van der Waals surface area contributed by atoms with Crippen molar-refractivity contribution < 1.29 is 19.0 Å². The zero-order valence-electron chi connectivity index (χ0n) is 19.7. The number of hydrogen-bond acceptors (Lipinski definition) is 4. The number of amides is 1. The Morgan fingerprint density at radius 3 is 1.87 bits per heavy atom. The molecule has 0 aliphatic carbocycles. The summed E-state index contributed by atoms with van der Waals surface area (Å²) in [5.41, 5.74) is 0.603. The fraction of sp³-hybridized carbons (Fsp3) is 0.720. The number of carbonyl (C=O) groups is 1. The zero-order valence-corrected chi connectivity index (χ0v) is 19.7. The molecule has 0 spiro atoms. The second kappa shape index (κ2) is 16.8. The van der Waals surface area contributed by atoms with Crippen LogP contribution in [0.4, 0.5) is 5.69 Å². The van der Waals surface area contributed by atoms with Gasteiger partial charge < -0.3 is 19.5 Å². The van der Waals surface area contributed by atoms with E-state index in [2.05, 4.69) is 19.2 Å². The standard InChI is InChI=1S/C25H43NO4/c1-5-7-9-11-13-15-17-29-22-19-23(26-21(3)27)25(24(20-22)28-4)30-18-16-14-12-10-8-6-2/h19-20H,5-18H2,1-4H3,(H,26,27). The van der Waals surface area contributed by atoms with E-state index in [0.717, 1.165) is 19.3 Å². The van der Waals surface area contributed by atoms with Gasteiger partial charge in [-0.05, 0) is 12.8 Å². The van der Waals surface area contributed by atoms with Crippen molar-refractivity contribution in [1.82, 2.24) is 0 Å². The van der Waals surface area contributed by atoms with E-state index in [4.69, 9.17) is 14.2 Å². The molecule has 1 aromatic carbocycles. The lowest BCUT2D eigenvalue weighted by atomic mass is 10.1. The number of ether oxygens (including phenoxy) is 3. The number of hydrogen-bond donors (Lipinski definition) is 1. The third-order valence-electron chi connectivity index (χ3n) is 5.07. The maximum atomic E-state index is 11.7. The van der Waals surface area contributed by atoms with Gasteiger partial charge in [0.05, 0.1) is 26.0 Å². The van der Waals surface area contributed by atoms with Crippen molar-refractivity contribution in [1.29, 1.82) is 0 Å². The number of unbranched alkanes of at least 4 members (excludes halogenated alkanes) is 10. The van der Waals surface area contributed by atoms with Crippen LogP contribution >= 0.6 is 0 Å². The van der Waals surface area contributed by atoms with Crippen LogP contribution in [0.15, 0.2) is 12.1 Å². The van der Waals surface area contributed by atoms with Gasteiger partial charge in [-0.3, -0.25) is 4.79 Å². The maximum Gasteiger partial charge on any atom is 0.221 e. The summed E-state index contributed by atoms with van der Waals surface area (Å²) in [7, 11) is 1.61. The summed E-state index contributed by atoms with van der Waals surface area (Å²) in [5, 5.41) is 2.86. The van der Waals surface area contributed by atoms with Crippen LogP contribution in [0.1, 0.15) is 97.8 Å². The number of benzene rings is 1. The molecule has 30 heavy (non-hydrogen) atoms. The first-order valence-electron chi connectivity index (χ1n) is 11.9. The Balaban J connectivity index is 2.62. The molecule has 0 fully saturated rings. The van der Waals surface area contributed by atoms with Crippen molar-refractivity contribution in [2.45, 2.75) is 97.8 Å². The van der Waals surface area contributed by atoms with Crippen molar-refractivity contribution in [3.63, 3.8) is 0 Å². The number of rotatable bonds is 18. The zero-order chi connectivity index (χ0) is 22.0. The van der Waals surface area contributed by atoms with E-state index in [1.165, 1.54) is 64.7 Å². The van der Waals surface area contributed by atoms with Gasteiger partial charge in [-0.1, -0.05) is 78.1 Å². The molecule has 5 nitrogen and oxygen atoms in total. The molecular weight excluding hydrogens is 378 g/mol. The average Bonchev–Trinajstić information content (AvgIpc) is 2.72. The summed E-state index contributed by atoms with van der Waals surface area (Å²) in [6.07, 6.45) is 14.5. The molecule has 1 amide bonds. The Bertz CT molecular complexity index is 589. The number of carbonyl (C=O) groups excluding carboxylic acids is 1. The molecule has 0 saturated heterocycles. The lowest BCUT2D eigenvalue weighted by molar-refractivity contribution is -0.114. The Labute approximate surface area is 183 Å². The molecule has 172 valence electrons. The molecule has 0 saturated carbocycles. The smallest absolute Gasteiger partial charge is 0.221 e. The minimum atomic E-state index is -0.144. The summed E-state index contributed by atoms with van der Waals surface area (Å²) in [5.74, 6) is 1.71. The quantitative estimate of drug-likeness (QED) is 0.256. The fourth-order valence-corrected chi connectivity index (χ4v) is 3.37. The van der Waals surface area contributed by atoms with Crippen molar-refractivity contribution in [3.05, 3.63) is 12.1 Å². The van der Waals surface area contributed by atoms with Gasteiger partial charge in [0.15, 0.2) is 11.5 Å². The highest BCUT2D eigenvalue weighted by atomic mass is 16.5. The molecule has 1 rings (SSSR count). The average molecular weight is 422 g/mol. The van der Waals surface area contributed by atoms with Gasteiger partial charge in [-0.2, -0.15) is 0 Å². The molecule has 1 N–H and O–H groups in total. The minimum absolute atomic E-state index is 0.144. The van der Waals surface area contributed by atoms with Crippen LogP contribution in [-0.4, -0.2) is 26.2 Å². The minimum Gasteiger partial charge on any atom is -0.493 e. The largest absolute Gasteiger partial charge is 0.493 e. The molecule has 0 aliphatic rings. The third kappa shape index (κ3) is 11.3. The monoisotopic (exact) mass is 421 g/mol. The molecule has 0 atom stereocenters. The Morgan fingerprint density at radius 1 is 0.800 bits per heavy atom. The Kier molecular flexibility index (Phi) is 14.7. The van der Waals surface area contributed by atoms with Crippen LogP contribution in [0.2, 0.25) is 0 Å². The topological polar surface area (TPSA) is 56.8 Å². The van der Waals surface area contributed by atoms with Crippen molar-refractivity contribution in [2.24, 2.45) is 0 Å². The lowest BCUT2D eigenvalue weighted by Gasteiger charge is -2.17. The van der Waals surface area contributed by atoms with Crippen LogP contribution in [-0.2, 0) is 4.79 Å². The molecule has 0 aromatic heterocycles. The molecule has 0 aliphatic heterocycles. The summed E-state index contributed by atoms with van der Waals surface area (Å²) >= 11 is 0. The highest BCUT2D eigenvalue weighted by Gasteiger charge is 2.15. The maximum absolute atomic E-state index is 11.7. The van der Waals surface area contributed by atoms with Gasteiger partial charge in [0, 0.05) is 19.1 Å². The molecule has 0 heterocycles. The predicted octanol–water partition coefficient (Wildman–Crippen LogP) is 7.13. The first kappa shape index (κ1) is 26.1. The first-order valence-corrected chi connectivity index (χ1v) is 11.9. The SMILES string of the molecule is CCCCCCCCOc1cc(NC(C)=O)c(OCCCCCCCC)c(OC)c1. The highest BCUT2D eigenvalue weighted by molar-refractivity contribution is 5.91. The molecular formula is C25H43NO4. The Morgan fingerprint density at radius 2 is 1.33 bits per heavy atom. The van der Waals surface area contributed by atoms with Gasteiger partial charge in [0.1, 0.15) is 5.75 Å². The van der Waals surface area contributed by atoms with Crippen LogP contribution in [0.25, 0.3) is 0 Å². The van der Waals surface area contributed by atoms with Crippen LogP contribution in [0.5, 0.6) is 17.2 Å². The third-order valence-corrected chi connectivity index (χ3v) is 5.07. The summed E-state index contributed by atoms with van der Waals surface area (Å²) in [6.45, 7) is 7.21. The Hall–Kier alpha value is -1.91. The van der Waals surface area contributed by atoms with Gasteiger partial charge >= 0.3 is 0 Å². The second-order valence-electron chi connectivity index (χ2n) is 7.92. The normalized spacial score (nSPS) is 10.7. The van der Waals surface area contributed by atoms with Gasteiger partial charge in [0.25, 0.3) is 0 Å². The number of anilines is 1. The number of nitrogens with one attached hydrogen (secondary N) is 1. The van der Waals surface area contributed by atoms with E-state index in [-0.39, 0.29) is 5.91 Å². The molecule has 0 radical (unpaired) electrons. The van der Waals surface area contributed by atoms with E-state index in [1.807, 2.05) is 12.1 Å². The van der Waals surface area contributed by atoms with Crippen molar-refractivity contribution >= 4 is 11.6 Å². The van der Waals surface area contributed by atoms with Crippen LogP contribution in [0.3, 0.4) is 0 Å². The highest BCUT2D eigenvalue weighted by Crippen LogP contribution is 2.40. The summed E-state index contributed by atoms with van der Waals surface area (Å²) in [4.78, 5) is 11.7. The van der Waals surface area contributed by atoms with Gasteiger partial charge in [0.2, 0.25) is 5.91 Å². The fourth-order valence-electron chi connectivity index (χ4n) is 3.37. The predicted molar refractivity (Wildman–Crippen MR) is 125 cm³/mol. The summed E-state index contributed by atoms with van der Waals surface area (Å²) in [6, 6.07) is 3.68. The van der Waals surface area contributed by atoms with Crippen LogP contribution in [0, 0.1) is 0 Å². The van der Waals surface area contributed by atoms with E-state index in [1.54, 1.807) is 7.11 Å². The van der Waals surface area contributed by atoms with E-state index in [0.29, 0.717) is 36.1 Å².